The van der Waals surface area contributed by atoms with Crippen molar-refractivity contribution in [3.05, 3.63) is 74.9 Å². The highest BCUT2D eigenvalue weighted by molar-refractivity contribution is 6.42. The SMILES string of the molecule is Cc1ccc(NC(=O)c2cc3n(n2)[C@@H](C(F)(F)F)C[C@@H](c2ccc(Cl)c(Cl)c2)N3)cc1C. The molecular weight excluding hydrogens is 464 g/mol. The van der Waals surface area contributed by atoms with Gasteiger partial charge in [-0.2, -0.15) is 18.3 Å². The lowest BCUT2D eigenvalue weighted by molar-refractivity contribution is -0.173. The molecule has 0 radical (unpaired) electrons. The molecule has 0 bridgehead atoms. The molecule has 5 nitrogen and oxygen atoms in total. The van der Waals surface area contributed by atoms with Crippen molar-refractivity contribution in [2.24, 2.45) is 0 Å². The number of nitrogens with zero attached hydrogens (tertiary/aromatic N) is 2. The monoisotopic (exact) mass is 482 g/mol. The first kappa shape index (κ1) is 22.5. The lowest BCUT2D eigenvalue weighted by atomic mass is 9.97. The van der Waals surface area contributed by atoms with Gasteiger partial charge in [0.15, 0.2) is 11.7 Å². The second kappa shape index (κ2) is 8.33. The number of aryl methyl sites for hydroxylation is 2. The summed E-state index contributed by atoms with van der Waals surface area (Å²) in [5.41, 5.74) is 3.02. The van der Waals surface area contributed by atoms with Gasteiger partial charge in [0.25, 0.3) is 5.91 Å². The van der Waals surface area contributed by atoms with E-state index in [-0.39, 0.29) is 23.0 Å². The number of hydrogen-bond donors (Lipinski definition) is 2. The van der Waals surface area contributed by atoms with Crippen molar-refractivity contribution in [1.29, 1.82) is 0 Å². The van der Waals surface area contributed by atoms with E-state index in [4.69, 9.17) is 23.2 Å². The fourth-order valence-electron chi connectivity index (χ4n) is 3.65. The summed E-state index contributed by atoms with van der Waals surface area (Å²) in [7, 11) is 0. The summed E-state index contributed by atoms with van der Waals surface area (Å²) in [4.78, 5) is 12.7. The van der Waals surface area contributed by atoms with Gasteiger partial charge < -0.3 is 10.6 Å². The molecule has 0 saturated carbocycles. The number of amides is 1. The number of rotatable bonds is 3. The number of benzene rings is 2. The molecule has 3 aromatic rings. The Morgan fingerprint density at radius 1 is 1.09 bits per heavy atom. The van der Waals surface area contributed by atoms with Gasteiger partial charge in [-0.1, -0.05) is 35.3 Å². The van der Waals surface area contributed by atoms with Crippen molar-refractivity contribution in [1.82, 2.24) is 9.78 Å². The lowest BCUT2D eigenvalue weighted by Gasteiger charge is -2.33. The number of aromatic nitrogens is 2. The zero-order valence-electron chi connectivity index (χ0n) is 17.1. The molecule has 0 saturated heterocycles. The van der Waals surface area contributed by atoms with Crippen LogP contribution in [0.15, 0.2) is 42.5 Å². The maximum absolute atomic E-state index is 13.9. The molecule has 2 N–H and O–H groups in total. The molecule has 0 fully saturated rings. The molecule has 2 aromatic carbocycles. The van der Waals surface area contributed by atoms with Crippen LogP contribution in [0, 0.1) is 13.8 Å². The zero-order chi connectivity index (χ0) is 23.2. The van der Waals surface area contributed by atoms with Gasteiger partial charge in [-0.05, 0) is 54.8 Å². The smallest absolute Gasteiger partial charge is 0.363 e. The van der Waals surface area contributed by atoms with Crippen LogP contribution in [0.5, 0.6) is 0 Å². The van der Waals surface area contributed by atoms with Gasteiger partial charge >= 0.3 is 6.18 Å². The predicted molar refractivity (Wildman–Crippen MR) is 119 cm³/mol. The first-order chi connectivity index (χ1) is 15.0. The molecule has 0 aliphatic carbocycles. The fourth-order valence-corrected chi connectivity index (χ4v) is 3.95. The van der Waals surface area contributed by atoms with Gasteiger partial charge in [-0.25, -0.2) is 4.68 Å². The van der Waals surface area contributed by atoms with Gasteiger partial charge in [0.1, 0.15) is 5.82 Å². The topological polar surface area (TPSA) is 59.0 Å². The highest BCUT2D eigenvalue weighted by Gasteiger charge is 2.46. The Morgan fingerprint density at radius 3 is 2.50 bits per heavy atom. The fraction of sp³-hybridized carbons (Fsp3) is 0.273. The summed E-state index contributed by atoms with van der Waals surface area (Å²) in [6, 6.07) is 8.81. The summed E-state index contributed by atoms with van der Waals surface area (Å²) in [6.07, 6.45) is -4.87. The Hall–Kier alpha value is -2.71. The van der Waals surface area contributed by atoms with Crippen molar-refractivity contribution in [2.45, 2.75) is 38.5 Å². The second-order valence-corrected chi connectivity index (χ2v) is 8.59. The molecule has 1 aromatic heterocycles. The average molecular weight is 483 g/mol. The van der Waals surface area contributed by atoms with Gasteiger partial charge in [0.2, 0.25) is 0 Å². The van der Waals surface area contributed by atoms with Crippen LogP contribution < -0.4 is 10.6 Å². The molecule has 1 aliphatic heterocycles. The highest BCUT2D eigenvalue weighted by atomic mass is 35.5. The second-order valence-electron chi connectivity index (χ2n) is 7.78. The summed E-state index contributed by atoms with van der Waals surface area (Å²) in [5.74, 6) is -0.496. The minimum atomic E-state index is -4.56. The molecule has 10 heteroatoms. The van der Waals surface area contributed by atoms with E-state index >= 15 is 0 Å². The van der Waals surface area contributed by atoms with E-state index in [1.165, 1.54) is 18.2 Å². The van der Waals surface area contributed by atoms with E-state index in [0.717, 1.165) is 15.8 Å². The first-order valence-corrected chi connectivity index (χ1v) is 10.5. The molecule has 4 rings (SSSR count). The van der Waals surface area contributed by atoms with Crippen molar-refractivity contribution >= 4 is 40.6 Å². The number of hydrogen-bond acceptors (Lipinski definition) is 3. The number of anilines is 2. The third-order valence-electron chi connectivity index (χ3n) is 5.53. The van der Waals surface area contributed by atoms with Crippen LogP contribution in [-0.2, 0) is 0 Å². The summed E-state index contributed by atoms with van der Waals surface area (Å²) in [6.45, 7) is 3.85. The molecule has 1 amide bonds. The van der Waals surface area contributed by atoms with Crippen molar-refractivity contribution in [2.75, 3.05) is 10.6 Å². The third kappa shape index (κ3) is 4.42. The number of carbonyl (C=O) groups excluding carboxylic acids is 1. The molecule has 0 unspecified atom stereocenters. The highest BCUT2D eigenvalue weighted by Crippen LogP contribution is 2.44. The van der Waals surface area contributed by atoms with Crippen LogP contribution in [0.4, 0.5) is 24.7 Å². The first-order valence-electron chi connectivity index (χ1n) is 9.79. The Bertz CT molecular complexity index is 1190. The molecule has 0 spiro atoms. The number of fused-ring (bicyclic) bond motifs is 1. The normalized spacial score (nSPS) is 18.1. The standard InChI is InChI=1S/C22H19Cl2F3N4O/c1-11-3-5-14(7-12(11)2)28-21(32)18-10-20-29-17(13-4-6-15(23)16(24)8-13)9-19(22(25,26)27)31(20)30-18/h3-8,10,17,19,29H,9H2,1-2H3,(H,28,32)/t17-,19+/m0/s1. The van der Waals surface area contributed by atoms with Crippen LogP contribution in [0.1, 0.15) is 45.7 Å². The van der Waals surface area contributed by atoms with Crippen molar-refractivity contribution < 1.29 is 18.0 Å². The molecule has 32 heavy (non-hydrogen) atoms. The van der Waals surface area contributed by atoms with E-state index < -0.39 is 24.2 Å². The number of halogens is 5. The number of carbonyl (C=O) groups is 1. The molecule has 168 valence electrons. The van der Waals surface area contributed by atoms with Crippen LogP contribution in [0.2, 0.25) is 10.0 Å². The molecular formula is C22H19Cl2F3N4O. The van der Waals surface area contributed by atoms with Crippen LogP contribution in [0.3, 0.4) is 0 Å². The summed E-state index contributed by atoms with van der Waals surface area (Å²) >= 11 is 12.0. The van der Waals surface area contributed by atoms with Crippen molar-refractivity contribution in [3.63, 3.8) is 0 Å². The van der Waals surface area contributed by atoms with Gasteiger partial charge in [-0.3, -0.25) is 4.79 Å². The molecule has 2 atom stereocenters. The molecule has 2 heterocycles. The van der Waals surface area contributed by atoms with Gasteiger partial charge in [0.05, 0.1) is 16.1 Å². The maximum atomic E-state index is 13.9. The Labute approximate surface area is 192 Å². The lowest BCUT2D eigenvalue weighted by Crippen LogP contribution is -2.35. The third-order valence-corrected chi connectivity index (χ3v) is 6.27. The Balaban J connectivity index is 1.64. The van der Waals surface area contributed by atoms with Crippen molar-refractivity contribution in [3.8, 4) is 0 Å². The summed E-state index contributed by atoms with van der Waals surface area (Å²) < 4.78 is 42.4. The Morgan fingerprint density at radius 2 is 1.84 bits per heavy atom. The number of nitrogens with one attached hydrogen (secondary N) is 2. The van der Waals surface area contributed by atoms with E-state index in [2.05, 4.69) is 15.7 Å². The largest absolute Gasteiger partial charge is 0.410 e. The van der Waals surface area contributed by atoms with E-state index in [1.54, 1.807) is 18.2 Å². The predicted octanol–water partition coefficient (Wildman–Crippen LogP) is 6.72. The maximum Gasteiger partial charge on any atom is 0.410 e. The minimum Gasteiger partial charge on any atom is -0.363 e. The zero-order valence-corrected chi connectivity index (χ0v) is 18.6. The minimum absolute atomic E-state index is 0.0971. The van der Waals surface area contributed by atoms with E-state index in [0.29, 0.717) is 16.3 Å². The van der Waals surface area contributed by atoms with E-state index in [9.17, 15) is 18.0 Å². The Kier molecular flexibility index (Phi) is 5.85. The average Bonchev–Trinajstić information content (AvgIpc) is 3.15. The quantitative estimate of drug-likeness (QED) is 0.435. The van der Waals surface area contributed by atoms with Crippen LogP contribution >= 0.6 is 23.2 Å². The van der Waals surface area contributed by atoms with Crippen LogP contribution in [-0.4, -0.2) is 21.9 Å². The number of alkyl halides is 3. The summed E-state index contributed by atoms with van der Waals surface area (Å²) in [5, 5.41) is 10.3. The van der Waals surface area contributed by atoms with Crippen LogP contribution in [0.25, 0.3) is 0 Å². The van der Waals surface area contributed by atoms with Gasteiger partial charge in [-0.15, -0.1) is 0 Å². The molecule has 1 aliphatic rings. The van der Waals surface area contributed by atoms with E-state index in [1.807, 2.05) is 19.9 Å². The van der Waals surface area contributed by atoms with Gasteiger partial charge in [0, 0.05) is 18.2 Å².